The number of carbonyl (C=O) groups is 1. The minimum atomic E-state index is -0.0256. The van der Waals surface area contributed by atoms with Crippen LogP contribution in [0.5, 0.6) is 0 Å². The van der Waals surface area contributed by atoms with E-state index in [-0.39, 0.29) is 17.9 Å². The maximum atomic E-state index is 12.2. The highest BCUT2D eigenvalue weighted by atomic mass is 16.3. The second kappa shape index (κ2) is 7.29. The third-order valence-electron chi connectivity index (χ3n) is 4.16. The topological polar surface area (TPSA) is 49.3 Å². The normalized spacial score (nSPS) is 11.4. The zero-order valence-corrected chi connectivity index (χ0v) is 12.2. The van der Waals surface area contributed by atoms with Gasteiger partial charge < -0.3 is 10.4 Å². The first-order valence-electron chi connectivity index (χ1n) is 7.03. The fourth-order valence-electron chi connectivity index (χ4n) is 2.37. The van der Waals surface area contributed by atoms with E-state index in [1.165, 1.54) is 0 Å². The molecule has 0 saturated heterocycles. The van der Waals surface area contributed by atoms with Gasteiger partial charge in [0, 0.05) is 18.7 Å². The molecule has 0 atom stereocenters. The quantitative estimate of drug-likeness (QED) is 0.794. The lowest BCUT2D eigenvalue weighted by atomic mass is 9.79. The molecule has 2 N–H and O–H groups in total. The predicted molar refractivity (Wildman–Crippen MR) is 78.2 cm³/mol. The molecule has 0 radical (unpaired) electrons. The van der Waals surface area contributed by atoms with Crippen molar-refractivity contribution in [3.8, 4) is 0 Å². The lowest BCUT2D eigenvalue weighted by Gasteiger charge is -2.31. The molecule has 0 spiro atoms. The molecule has 3 nitrogen and oxygen atoms in total. The first-order valence-corrected chi connectivity index (χ1v) is 7.03. The van der Waals surface area contributed by atoms with Crippen LogP contribution in [0.2, 0.25) is 0 Å². The fraction of sp³-hybridized carbons (Fsp3) is 0.562. The molecule has 0 unspecified atom stereocenters. The van der Waals surface area contributed by atoms with Gasteiger partial charge in [0.15, 0.2) is 0 Å². The van der Waals surface area contributed by atoms with Crippen LogP contribution in [0.1, 0.15) is 49.0 Å². The van der Waals surface area contributed by atoms with Crippen molar-refractivity contribution in [3.05, 3.63) is 35.4 Å². The van der Waals surface area contributed by atoms with E-state index in [1.54, 1.807) is 0 Å². The van der Waals surface area contributed by atoms with Crippen molar-refractivity contribution in [1.29, 1.82) is 0 Å². The van der Waals surface area contributed by atoms with Gasteiger partial charge in [-0.3, -0.25) is 4.79 Å². The van der Waals surface area contributed by atoms with Crippen LogP contribution in [-0.4, -0.2) is 24.2 Å². The van der Waals surface area contributed by atoms with Crippen molar-refractivity contribution in [2.75, 3.05) is 13.2 Å². The third-order valence-corrected chi connectivity index (χ3v) is 4.16. The van der Waals surface area contributed by atoms with Crippen LogP contribution in [0.25, 0.3) is 0 Å². The van der Waals surface area contributed by atoms with Crippen LogP contribution in [0.3, 0.4) is 0 Å². The average Bonchev–Trinajstić information content (AvgIpc) is 2.44. The molecule has 1 aromatic carbocycles. The lowest BCUT2D eigenvalue weighted by Crippen LogP contribution is -2.37. The number of hydrogen-bond donors (Lipinski definition) is 2. The Morgan fingerprint density at radius 3 is 2.42 bits per heavy atom. The Morgan fingerprint density at radius 1 is 1.26 bits per heavy atom. The van der Waals surface area contributed by atoms with Gasteiger partial charge in [0.2, 0.25) is 0 Å². The van der Waals surface area contributed by atoms with Gasteiger partial charge in [-0.25, -0.2) is 0 Å². The minimum Gasteiger partial charge on any atom is -0.396 e. The summed E-state index contributed by atoms with van der Waals surface area (Å²) in [6.07, 6.45) is 2.64. The van der Waals surface area contributed by atoms with Gasteiger partial charge in [-0.05, 0) is 43.2 Å². The van der Waals surface area contributed by atoms with Gasteiger partial charge in [0.25, 0.3) is 5.91 Å². The first-order chi connectivity index (χ1) is 9.08. The van der Waals surface area contributed by atoms with E-state index >= 15 is 0 Å². The summed E-state index contributed by atoms with van der Waals surface area (Å²) in [5.74, 6) is -0.0256. The molecule has 19 heavy (non-hydrogen) atoms. The van der Waals surface area contributed by atoms with Gasteiger partial charge in [-0.2, -0.15) is 0 Å². The number of hydrogen-bond acceptors (Lipinski definition) is 2. The van der Waals surface area contributed by atoms with Crippen molar-refractivity contribution in [2.45, 2.75) is 40.0 Å². The number of amides is 1. The Bertz CT molecular complexity index is 411. The van der Waals surface area contributed by atoms with Gasteiger partial charge in [-0.15, -0.1) is 0 Å². The van der Waals surface area contributed by atoms with Crippen molar-refractivity contribution in [3.63, 3.8) is 0 Å². The SMILES string of the molecule is CCC(CC)(CCO)CNC(=O)c1ccccc1C. The Balaban J connectivity index is 2.70. The molecule has 1 rings (SSSR count). The van der Waals surface area contributed by atoms with Crippen LogP contribution >= 0.6 is 0 Å². The number of benzene rings is 1. The first kappa shape index (κ1) is 15.7. The summed E-state index contributed by atoms with van der Waals surface area (Å²) in [7, 11) is 0. The van der Waals surface area contributed by atoms with E-state index in [2.05, 4.69) is 19.2 Å². The van der Waals surface area contributed by atoms with E-state index < -0.39 is 0 Å². The van der Waals surface area contributed by atoms with Gasteiger partial charge >= 0.3 is 0 Å². The zero-order chi connectivity index (χ0) is 14.3. The maximum Gasteiger partial charge on any atom is 0.251 e. The zero-order valence-electron chi connectivity index (χ0n) is 12.2. The van der Waals surface area contributed by atoms with Gasteiger partial charge in [0.1, 0.15) is 0 Å². The molecular formula is C16H25NO2. The second-order valence-electron chi connectivity index (χ2n) is 5.18. The lowest BCUT2D eigenvalue weighted by molar-refractivity contribution is 0.0906. The molecule has 0 bridgehead atoms. The minimum absolute atomic E-state index is 0.00704. The number of rotatable bonds is 7. The number of carbonyl (C=O) groups excluding carboxylic acids is 1. The Hall–Kier alpha value is -1.35. The Labute approximate surface area is 116 Å². The van der Waals surface area contributed by atoms with Crippen molar-refractivity contribution >= 4 is 5.91 Å². The molecule has 0 heterocycles. The molecule has 0 aliphatic heterocycles. The second-order valence-corrected chi connectivity index (χ2v) is 5.18. The standard InChI is InChI=1S/C16H25NO2/c1-4-16(5-2,10-11-18)12-17-15(19)14-9-7-6-8-13(14)3/h6-9,18H,4-5,10-12H2,1-3H3,(H,17,19). The molecule has 0 saturated carbocycles. The Morgan fingerprint density at radius 2 is 1.89 bits per heavy atom. The summed E-state index contributed by atoms with van der Waals surface area (Å²) in [6, 6.07) is 7.59. The largest absolute Gasteiger partial charge is 0.396 e. The van der Waals surface area contributed by atoms with Gasteiger partial charge in [-0.1, -0.05) is 32.0 Å². The van der Waals surface area contributed by atoms with Crippen molar-refractivity contribution in [1.82, 2.24) is 5.32 Å². The van der Waals surface area contributed by atoms with E-state index in [9.17, 15) is 9.90 Å². The number of aliphatic hydroxyl groups is 1. The molecule has 0 aliphatic rings. The highest BCUT2D eigenvalue weighted by Crippen LogP contribution is 2.29. The summed E-state index contributed by atoms with van der Waals surface area (Å²) in [5, 5.41) is 12.2. The number of aliphatic hydroxyl groups excluding tert-OH is 1. The Kier molecular flexibility index (Phi) is 6.03. The van der Waals surface area contributed by atoms with Crippen LogP contribution in [0.4, 0.5) is 0 Å². The summed E-state index contributed by atoms with van der Waals surface area (Å²) in [4.78, 5) is 12.2. The smallest absolute Gasteiger partial charge is 0.251 e. The molecule has 0 fully saturated rings. The molecule has 0 aliphatic carbocycles. The van der Waals surface area contributed by atoms with Crippen LogP contribution in [-0.2, 0) is 0 Å². The summed E-state index contributed by atoms with van der Waals surface area (Å²) < 4.78 is 0. The van der Waals surface area contributed by atoms with E-state index in [0.29, 0.717) is 6.54 Å². The van der Waals surface area contributed by atoms with Crippen LogP contribution in [0, 0.1) is 12.3 Å². The molecule has 0 aromatic heterocycles. The monoisotopic (exact) mass is 263 g/mol. The summed E-state index contributed by atoms with van der Waals surface area (Å²) in [6.45, 7) is 6.95. The third kappa shape index (κ3) is 4.06. The van der Waals surface area contributed by atoms with Gasteiger partial charge in [0.05, 0.1) is 0 Å². The van der Waals surface area contributed by atoms with E-state index in [1.807, 2.05) is 31.2 Å². The van der Waals surface area contributed by atoms with E-state index in [4.69, 9.17) is 0 Å². The maximum absolute atomic E-state index is 12.2. The fourth-order valence-corrected chi connectivity index (χ4v) is 2.37. The highest BCUT2D eigenvalue weighted by Gasteiger charge is 2.26. The van der Waals surface area contributed by atoms with Crippen molar-refractivity contribution in [2.24, 2.45) is 5.41 Å². The molecule has 1 amide bonds. The number of aryl methyl sites for hydroxylation is 1. The average molecular weight is 263 g/mol. The number of nitrogens with one attached hydrogen (secondary N) is 1. The van der Waals surface area contributed by atoms with Crippen LogP contribution < -0.4 is 5.32 Å². The molecule has 106 valence electrons. The molecular weight excluding hydrogens is 238 g/mol. The summed E-state index contributed by atoms with van der Waals surface area (Å²) >= 11 is 0. The molecule has 1 aromatic rings. The molecule has 3 heteroatoms. The van der Waals surface area contributed by atoms with E-state index in [0.717, 1.165) is 30.4 Å². The predicted octanol–water partition coefficient (Wildman–Crippen LogP) is 2.91. The highest BCUT2D eigenvalue weighted by molar-refractivity contribution is 5.95. The van der Waals surface area contributed by atoms with Crippen molar-refractivity contribution < 1.29 is 9.90 Å². The summed E-state index contributed by atoms with van der Waals surface area (Å²) in [5.41, 5.74) is 1.72. The van der Waals surface area contributed by atoms with Crippen LogP contribution in [0.15, 0.2) is 24.3 Å².